The van der Waals surface area contributed by atoms with Crippen LogP contribution in [-0.2, 0) is 0 Å². The lowest BCUT2D eigenvalue weighted by Gasteiger charge is -2.22. The van der Waals surface area contributed by atoms with Crippen LogP contribution in [0.5, 0.6) is 0 Å². The van der Waals surface area contributed by atoms with Gasteiger partial charge in [0.15, 0.2) is 0 Å². The molecule has 0 aromatic heterocycles. The van der Waals surface area contributed by atoms with Gasteiger partial charge in [-0.3, -0.25) is 0 Å². The fraction of sp³-hybridized carbons (Fsp3) is 1.00. The van der Waals surface area contributed by atoms with Gasteiger partial charge in [-0.05, 0) is 49.4 Å². The molecule has 2 fully saturated rings. The van der Waals surface area contributed by atoms with Gasteiger partial charge < -0.3 is 0 Å². The molecule has 2 aliphatic carbocycles. The molecule has 0 aromatic carbocycles. The van der Waals surface area contributed by atoms with Gasteiger partial charge in [-0.1, -0.05) is 26.7 Å². The molecule has 0 heterocycles. The van der Waals surface area contributed by atoms with E-state index < -0.39 is 0 Å². The Hall–Kier alpha value is 0. The number of hydrogen-bond donors (Lipinski definition) is 0. The van der Waals surface area contributed by atoms with Gasteiger partial charge in [0.25, 0.3) is 0 Å². The monoisotopic (exact) mass is 166 g/mol. The first-order chi connectivity index (χ1) is 5.75. The Kier molecular flexibility index (Phi) is 2.43. The standard InChI is InChI=1S/C12H22/c1-9(2)3-5-11-7-10-4-6-12(11)8-10/h9-12H,3-8H2,1-2H3. The quantitative estimate of drug-likeness (QED) is 0.597. The first-order valence-corrected chi connectivity index (χ1v) is 5.75. The minimum atomic E-state index is 0.920. The predicted molar refractivity (Wildman–Crippen MR) is 53.0 cm³/mol. The van der Waals surface area contributed by atoms with Crippen LogP contribution in [0.1, 0.15) is 52.4 Å². The summed E-state index contributed by atoms with van der Waals surface area (Å²) < 4.78 is 0. The molecule has 70 valence electrons. The SMILES string of the molecule is CC(C)CCC1CC2CCC1C2. The first kappa shape index (κ1) is 8.59. The Balaban J connectivity index is 1.76. The van der Waals surface area contributed by atoms with Crippen molar-refractivity contribution in [1.82, 2.24) is 0 Å². The summed E-state index contributed by atoms with van der Waals surface area (Å²) in [4.78, 5) is 0. The highest BCUT2D eigenvalue weighted by Gasteiger charge is 2.38. The van der Waals surface area contributed by atoms with E-state index in [4.69, 9.17) is 0 Å². The van der Waals surface area contributed by atoms with E-state index in [0.717, 1.165) is 23.7 Å². The minimum Gasteiger partial charge on any atom is -0.0628 e. The van der Waals surface area contributed by atoms with E-state index in [0.29, 0.717) is 0 Å². The maximum absolute atomic E-state index is 2.35. The lowest BCUT2D eigenvalue weighted by molar-refractivity contribution is 0.295. The molecule has 3 unspecified atom stereocenters. The zero-order chi connectivity index (χ0) is 8.55. The smallest absolute Gasteiger partial charge is 0.0383 e. The van der Waals surface area contributed by atoms with Gasteiger partial charge in [-0.25, -0.2) is 0 Å². The summed E-state index contributed by atoms with van der Waals surface area (Å²) in [5.41, 5.74) is 0. The van der Waals surface area contributed by atoms with Crippen LogP contribution in [0.25, 0.3) is 0 Å². The van der Waals surface area contributed by atoms with Gasteiger partial charge in [-0.15, -0.1) is 0 Å². The largest absolute Gasteiger partial charge is 0.0628 e. The summed E-state index contributed by atoms with van der Waals surface area (Å²) in [5, 5.41) is 0. The Morgan fingerprint density at radius 3 is 2.50 bits per heavy atom. The molecule has 2 aliphatic rings. The van der Waals surface area contributed by atoms with Crippen LogP contribution in [0.3, 0.4) is 0 Å². The normalized spacial score (nSPS) is 39.8. The van der Waals surface area contributed by atoms with Crippen molar-refractivity contribution in [3.05, 3.63) is 0 Å². The lowest BCUT2D eigenvalue weighted by atomic mass is 9.84. The van der Waals surface area contributed by atoms with Gasteiger partial charge in [0.05, 0.1) is 0 Å². The van der Waals surface area contributed by atoms with Crippen molar-refractivity contribution < 1.29 is 0 Å². The molecular formula is C12H22. The highest BCUT2D eigenvalue weighted by molar-refractivity contribution is 4.89. The molecule has 0 saturated heterocycles. The van der Waals surface area contributed by atoms with E-state index in [9.17, 15) is 0 Å². The van der Waals surface area contributed by atoms with Crippen LogP contribution in [0.4, 0.5) is 0 Å². The molecule has 0 amide bonds. The highest BCUT2D eigenvalue weighted by atomic mass is 14.4. The van der Waals surface area contributed by atoms with Gasteiger partial charge in [0, 0.05) is 0 Å². The summed E-state index contributed by atoms with van der Waals surface area (Å²) in [6, 6.07) is 0. The van der Waals surface area contributed by atoms with Crippen molar-refractivity contribution >= 4 is 0 Å². The zero-order valence-corrected chi connectivity index (χ0v) is 8.55. The summed E-state index contributed by atoms with van der Waals surface area (Å²) in [6.07, 6.45) is 9.28. The Morgan fingerprint density at radius 1 is 1.17 bits per heavy atom. The predicted octanol–water partition coefficient (Wildman–Crippen LogP) is 3.86. The zero-order valence-electron chi connectivity index (χ0n) is 8.55. The maximum Gasteiger partial charge on any atom is -0.0383 e. The lowest BCUT2D eigenvalue weighted by Crippen LogP contribution is -2.10. The maximum atomic E-state index is 2.35. The molecule has 3 atom stereocenters. The van der Waals surface area contributed by atoms with Crippen LogP contribution < -0.4 is 0 Å². The number of fused-ring (bicyclic) bond motifs is 2. The van der Waals surface area contributed by atoms with Gasteiger partial charge in [0.1, 0.15) is 0 Å². The van der Waals surface area contributed by atoms with Crippen LogP contribution in [0, 0.1) is 23.7 Å². The second kappa shape index (κ2) is 3.40. The molecule has 0 aliphatic heterocycles. The third-order valence-corrected chi connectivity index (χ3v) is 4.00. The van der Waals surface area contributed by atoms with Crippen molar-refractivity contribution in [3.63, 3.8) is 0 Å². The Labute approximate surface area is 76.7 Å². The van der Waals surface area contributed by atoms with Crippen molar-refractivity contribution in [3.8, 4) is 0 Å². The first-order valence-electron chi connectivity index (χ1n) is 5.75. The van der Waals surface area contributed by atoms with Crippen LogP contribution >= 0.6 is 0 Å². The summed E-state index contributed by atoms with van der Waals surface area (Å²) in [6.45, 7) is 4.71. The molecular weight excluding hydrogens is 144 g/mol. The molecule has 0 heteroatoms. The van der Waals surface area contributed by atoms with Crippen LogP contribution in [0.15, 0.2) is 0 Å². The topological polar surface area (TPSA) is 0 Å². The third-order valence-electron chi connectivity index (χ3n) is 4.00. The minimum absolute atomic E-state index is 0.920. The van der Waals surface area contributed by atoms with Crippen LogP contribution in [0.2, 0.25) is 0 Å². The van der Waals surface area contributed by atoms with Gasteiger partial charge >= 0.3 is 0 Å². The van der Waals surface area contributed by atoms with Crippen molar-refractivity contribution in [2.24, 2.45) is 23.7 Å². The van der Waals surface area contributed by atoms with E-state index in [1.54, 1.807) is 25.7 Å². The molecule has 2 saturated carbocycles. The van der Waals surface area contributed by atoms with Crippen molar-refractivity contribution in [1.29, 1.82) is 0 Å². The third kappa shape index (κ3) is 1.67. The Bertz CT molecular complexity index is 148. The fourth-order valence-electron chi connectivity index (χ4n) is 3.28. The molecule has 2 bridgehead atoms. The number of rotatable bonds is 3. The molecule has 0 aromatic rings. The van der Waals surface area contributed by atoms with Gasteiger partial charge in [0.2, 0.25) is 0 Å². The average molecular weight is 166 g/mol. The van der Waals surface area contributed by atoms with Gasteiger partial charge in [-0.2, -0.15) is 0 Å². The van der Waals surface area contributed by atoms with E-state index in [1.165, 1.54) is 12.8 Å². The molecule has 0 N–H and O–H groups in total. The van der Waals surface area contributed by atoms with E-state index >= 15 is 0 Å². The van der Waals surface area contributed by atoms with E-state index in [1.807, 2.05) is 0 Å². The number of hydrogen-bond acceptors (Lipinski definition) is 0. The van der Waals surface area contributed by atoms with E-state index in [-0.39, 0.29) is 0 Å². The average Bonchev–Trinajstić information content (AvgIpc) is 2.60. The summed E-state index contributed by atoms with van der Waals surface area (Å²) in [7, 11) is 0. The molecule has 12 heavy (non-hydrogen) atoms. The van der Waals surface area contributed by atoms with Crippen molar-refractivity contribution in [2.75, 3.05) is 0 Å². The fourth-order valence-corrected chi connectivity index (χ4v) is 3.28. The second-order valence-electron chi connectivity index (χ2n) is 5.41. The Morgan fingerprint density at radius 2 is 2.00 bits per heavy atom. The van der Waals surface area contributed by atoms with Crippen molar-refractivity contribution in [2.45, 2.75) is 52.4 Å². The molecule has 0 spiro atoms. The highest BCUT2D eigenvalue weighted by Crippen LogP contribution is 2.50. The molecule has 2 rings (SSSR count). The summed E-state index contributed by atoms with van der Waals surface area (Å²) in [5.74, 6) is 4.34. The summed E-state index contributed by atoms with van der Waals surface area (Å²) >= 11 is 0. The second-order valence-corrected chi connectivity index (χ2v) is 5.41. The molecule has 0 nitrogen and oxygen atoms in total. The van der Waals surface area contributed by atoms with Crippen LogP contribution in [-0.4, -0.2) is 0 Å². The molecule has 0 radical (unpaired) electrons. The van der Waals surface area contributed by atoms with E-state index in [2.05, 4.69) is 13.8 Å².